The monoisotopic (exact) mass is 456 g/mol. The van der Waals surface area contributed by atoms with Gasteiger partial charge in [-0.05, 0) is 41.5 Å². The van der Waals surface area contributed by atoms with Gasteiger partial charge in [-0.2, -0.15) is 4.31 Å². The Morgan fingerprint density at radius 3 is 2.53 bits per heavy atom. The molecular formula is C24H22F2N2O3S. The van der Waals surface area contributed by atoms with Gasteiger partial charge in [0, 0.05) is 43.2 Å². The number of benzene rings is 3. The fourth-order valence-electron chi connectivity index (χ4n) is 4.42. The van der Waals surface area contributed by atoms with E-state index in [0.29, 0.717) is 18.7 Å². The third-order valence-electron chi connectivity index (χ3n) is 6.08. The molecule has 0 bridgehead atoms. The number of nitrogens with one attached hydrogen (secondary N) is 1. The minimum atomic E-state index is -3.74. The third kappa shape index (κ3) is 3.84. The molecule has 8 heteroatoms. The second-order valence-electron chi connectivity index (χ2n) is 8.09. The fraction of sp³-hybridized carbons (Fsp3) is 0.250. The molecule has 2 atom stereocenters. The Bertz CT molecular complexity index is 1250. The van der Waals surface area contributed by atoms with Crippen molar-refractivity contribution in [2.45, 2.75) is 23.3 Å². The predicted octanol–water partition coefficient (Wildman–Crippen LogP) is 4.17. The van der Waals surface area contributed by atoms with E-state index >= 15 is 0 Å². The van der Waals surface area contributed by atoms with Crippen LogP contribution in [0.5, 0.6) is 5.75 Å². The van der Waals surface area contributed by atoms with E-state index in [2.05, 4.69) is 5.32 Å². The molecule has 0 aliphatic carbocycles. The van der Waals surface area contributed by atoms with Crippen molar-refractivity contribution in [3.8, 4) is 5.75 Å². The van der Waals surface area contributed by atoms with E-state index in [-0.39, 0.29) is 29.9 Å². The topological polar surface area (TPSA) is 58.6 Å². The Hall–Kier alpha value is -2.97. The largest absolute Gasteiger partial charge is 0.493 e. The smallest absolute Gasteiger partial charge is 0.243 e. The van der Waals surface area contributed by atoms with Crippen LogP contribution in [0.15, 0.2) is 71.6 Å². The molecule has 166 valence electrons. The summed E-state index contributed by atoms with van der Waals surface area (Å²) in [6.07, 6.45) is 0.686. The molecule has 0 amide bonds. The van der Waals surface area contributed by atoms with Crippen molar-refractivity contribution in [1.29, 1.82) is 0 Å². The number of anilines is 1. The standard InChI is InChI=1S/C24H22F2N2O3S/c25-21-8-6-18(13-22(21)26)27-23-15-28(14-20(23)16-4-2-1-3-5-16)32(29,30)19-7-9-24-17(12-19)10-11-31-24/h1-9,12-13,20,23,27H,10-11,14-15H2. The summed E-state index contributed by atoms with van der Waals surface area (Å²) in [5.74, 6) is -1.30. The van der Waals surface area contributed by atoms with Gasteiger partial charge >= 0.3 is 0 Å². The maximum atomic E-state index is 13.7. The predicted molar refractivity (Wildman–Crippen MR) is 117 cm³/mol. The Morgan fingerprint density at radius 1 is 0.938 bits per heavy atom. The molecule has 0 spiro atoms. The molecule has 5 nitrogen and oxygen atoms in total. The SMILES string of the molecule is O=S(=O)(c1ccc2c(c1)CCO2)N1CC(Nc2ccc(F)c(F)c2)C(c2ccccc2)C1. The molecule has 3 aromatic rings. The van der Waals surface area contributed by atoms with Gasteiger partial charge in [0.1, 0.15) is 5.75 Å². The molecule has 1 fully saturated rings. The molecular weight excluding hydrogens is 434 g/mol. The normalized spacial score (nSPS) is 20.7. The van der Waals surface area contributed by atoms with Crippen LogP contribution in [0, 0.1) is 11.6 Å². The van der Waals surface area contributed by atoms with Crippen molar-refractivity contribution in [3.05, 3.63) is 89.5 Å². The van der Waals surface area contributed by atoms with Crippen LogP contribution in [0.1, 0.15) is 17.0 Å². The zero-order valence-electron chi connectivity index (χ0n) is 17.2. The molecule has 5 rings (SSSR count). The van der Waals surface area contributed by atoms with Gasteiger partial charge in [-0.25, -0.2) is 17.2 Å². The summed E-state index contributed by atoms with van der Waals surface area (Å²) in [6, 6.07) is 17.9. The highest BCUT2D eigenvalue weighted by Gasteiger charge is 2.40. The van der Waals surface area contributed by atoms with Crippen molar-refractivity contribution in [3.63, 3.8) is 0 Å². The van der Waals surface area contributed by atoms with Crippen LogP contribution >= 0.6 is 0 Å². The minimum absolute atomic E-state index is 0.156. The van der Waals surface area contributed by atoms with Crippen LogP contribution < -0.4 is 10.1 Å². The van der Waals surface area contributed by atoms with Crippen LogP contribution in [-0.4, -0.2) is 38.5 Å². The molecule has 1 saturated heterocycles. The lowest BCUT2D eigenvalue weighted by Gasteiger charge is -2.21. The summed E-state index contributed by atoms with van der Waals surface area (Å²) in [6.45, 7) is 1.04. The molecule has 2 aliphatic rings. The number of hydrogen-bond donors (Lipinski definition) is 1. The lowest BCUT2D eigenvalue weighted by atomic mass is 9.94. The lowest BCUT2D eigenvalue weighted by molar-refractivity contribution is 0.356. The van der Waals surface area contributed by atoms with Crippen molar-refractivity contribution in [2.24, 2.45) is 0 Å². The second kappa shape index (κ2) is 8.18. The van der Waals surface area contributed by atoms with Crippen LogP contribution in [0.4, 0.5) is 14.5 Å². The molecule has 2 aliphatic heterocycles. The minimum Gasteiger partial charge on any atom is -0.493 e. The Labute approximate surface area is 185 Å². The first-order valence-corrected chi connectivity index (χ1v) is 11.9. The molecule has 32 heavy (non-hydrogen) atoms. The van der Waals surface area contributed by atoms with Crippen molar-refractivity contribution >= 4 is 15.7 Å². The van der Waals surface area contributed by atoms with Gasteiger partial charge in [-0.15, -0.1) is 0 Å². The maximum Gasteiger partial charge on any atom is 0.243 e. The van der Waals surface area contributed by atoms with Gasteiger partial charge in [0.25, 0.3) is 0 Å². The number of halogens is 2. The molecule has 2 unspecified atom stereocenters. The molecule has 1 N–H and O–H groups in total. The summed E-state index contributed by atoms with van der Waals surface area (Å²) in [5.41, 5.74) is 2.28. The fourth-order valence-corrected chi connectivity index (χ4v) is 5.96. The molecule has 0 saturated carbocycles. The Morgan fingerprint density at radius 2 is 1.75 bits per heavy atom. The van der Waals surface area contributed by atoms with Gasteiger partial charge in [-0.1, -0.05) is 30.3 Å². The molecule has 3 aromatic carbocycles. The van der Waals surface area contributed by atoms with Gasteiger partial charge in [0.05, 0.1) is 11.5 Å². The van der Waals surface area contributed by atoms with E-state index in [1.54, 1.807) is 18.2 Å². The van der Waals surface area contributed by atoms with Gasteiger partial charge < -0.3 is 10.1 Å². The van der Waals surface area contributed by atoms with E-state index in [1.807, 2.05) is 30.3 Å². The first kappa shape index (κ1) is 20.9. The summed E-state index contributed by atoms with van der Waals surface area (Å²) >= 11 is 0. The zero-order chi connectivity index (χ0) is 22.3. The average Bonchev–Trinajstić information content (AvgIpc) is 3.44. The van der Waals surface area contributed by atoms with Crippen molar-refractivity contribution in [2.75, 3.05) is 25.0 Å². The summed E-state index contributed by atoms with van der Waals surface area (Å²) in [5, 5.41) is 3.22. The van der Waals surface area contributed by atoms with E-state index in [1.165, 1.54) is 10.4 Å². The van der Waals surface area contributed by atoms with Gasteiger partial charge in [0.2, 0.25) is 10.0 Å². The number of sulfonamides is 1. The van der Waals surface area contributed by atoms with Gasteiger partial charge in [0.15, 0.2) is 11.6 Å². The number of fused-ring (bicyclic) bond motifs is 1. The van der Waals surface area contributed by atoms with E-state index in [0.717, 1.165) is 29.0 Å². The van der Waals surface area contributed by atoms with Crippen molar-refractivity contribution in [1.82, 2.24) is 4.31 Å². The quantitative estimate of drug-likeness (QED) is 0.626. The van der Waals surface area contributed by atoms with Crippen LogP contribution in [0.25, 0.3) is 0 Å². The number of nitrogens with zero attached hydrogens (tertiary/aromatic N) is 1. The van der Waals surface area contributed by atoms with E-state index in [4.69, 9.17) is 4.74 Å². The lowest BCUT2D eigenvalue weighted by Crippen LogP contribution is -2.32. The van der Waals surface area contributed by atoms with Crippen molar-refractivity contribution < 1.29 is 21.9 Å². The molecule has 0 aromatic heterocycles. The first-order chi connectivity index (χ1) is 15.4. The average molecular weight is 457 g/mol. The highest BCUT2D eigenvalue weighted by Crippen LogP contribution is 2.35. The Kier molecular flexibility index (Phi) is 5.35. The number of ether oxygens (including phenoxy) is 1. The Balaban J connectivity index is 1.46. The molecule has 0 radical (unpaired) electrons. The first-order valence-electron chi connectivity index (χ1n) is 10.4. The summed E-state index contributed by atoms with van der Waals surface area (Å²) < 4.78 is 61.0. The van der Waals surface area contributed by atoms with Crippen LogP contribution in [0.3, 0.4) is 0 Å². The summed E-state index contributed by atoms with van der Waals surface area (Å²) in [4.78, 5) is 0.238. The van der Waals surface area contributed by atoms with Crippen LogP contribution in [-0.2, 0) is 16.4 Å². The highest BCUT2D eigenvalue weighted by atomic mass is 32.2. The highest BCUT2D eigenvalue weighted by molar-refractivity contribution is 7.89. The van der Waals surface area contributed by atoms with Crippen LogP contribution in [0.2, 0.25) is 0 Å². The zero-order valence-corrected chi connectivity index (χ0v) is 18.0. The summed E-state index contributed by atoms with van der Waals surface area (Å²) in [7, 11) is -3.74. The van der Waals surface area contributed by atoms with E-state index in [9.17, 15) is 17.2 Å². The molecule has 2 heterocycles. The van der Waals surface area contributed by atoms with E-state index < -0.39 is 21.7 Å². The number of hydrogen-bond acceptors (Lipinski definition) is 4. The number of rotatable bonds is 5. The second-order valence-corrected chi connectivity index (χ2v) is 10.0. The third-order valence-corrected chi connectivity index (χ3v) is 7.91. The van der Waals surface area contributed by atoms with Gasteiger partial charge in [-0.3, -0.25) is 0 Å². The maximum absolute atomic E-state index is 13.7.